The molecule has 5 heteroatoms. The highest BCUT2D eigenvalue weighted by molar-refractivity contribution is 5.76. The smallest absolute Gasteiger partial charge is 0.151 e. The Kier molecular flexibility index (Phi) is 3.98. The van der Waals surface area contributed by atoms with Crippen molar-refractivity contribution in [2.24, 2.45) is 0 Å². The zero-order valence-electron chi connectivity index (χ0n) is 11.9. The number of para-hydroxylation sites is 1. The first-order valence-corrected chi connectivity index (χ1v) is 7.36. The summed E-state index contributed by atoms with van der Waals surface area (Å²) in [6.07, 6.45) is 1.02. The Hall–Kier alpha value is -1.46. The topological polar surface area (TPSA) is 33.1 Å². The van der Waals surface area contributed by atoms with Gasteiger partial charge in [-0.2, -0.15) is 0 Å². The van der Waals surface area contributed by atoms with Gasteiger partial charge in [0.1, 0.15) is 11.3 Å². The van der Waals surface area contributed by atoms with Gasteiger partial charge in [0.25, 0.3) is 0 Å². The molecule has 1 aliphatic heterocycles. The van der Waals surface area contributed by atoms with Crippen LogP contribution in [-0.2, 0) is 13.1 Å². The zero-order chi connectivity index (χ0) is 13.9. The van der Waals surface area contributed by atoms with Gasteiger partial charge in [-0.05, 0) is 18.6 Å². The molecule has 0 saturated carbocycles. The highest BCUT2D eigenvalue weighted by Crippen LogP contribution is 2.20. The second-order valence-electron chi connectivity index (χ2n) is 5.31. The normalized spacial score (nSPS) is 16.9. The molecule has 1 aromatic carbocycles. The first-order valence-electron chi connectivity index (χ1n) is 7.36. The van der Waals surface area contributed by atoms with Crippen LogP contribution in [0.3, 0.4) is 0 Å². The van der Waals surface area contributed by atoms with Crippen molar-refractivity contribution in [2.45, 2.75) is 26.4 Å². The van der Waals surface area contributed by atoms with Gasteiger partial charge in [-0.3, -0.25) is 4.90 Å². The number of rotatable bonds is 4. The number of hydrogen-bond donors (Lipinski definition) is 1. The molecule has 1 saturated heterocycles. The number of benzene rings is 1. The predicted molar refractivity (Wildman–Crippen MR) is 78.1 cm³/mol. The van der Waals surface area contributed by atoms with Gasteiger partial charge in [0, 0.05) is 32.7 Å². The summed E-state index contributed by atoms with van der Waals surface area (Å²) in [6.45, 7) is 7.91. The van der Waals surface area contributed by atoms with Crippen LogP contribution in [0.4, 0.5) is 4.39 Å². The maximum atomic E-state index is 13.9. The quantitative estimate of drug-likeness (QED) is 0.927. The standard InChI is InChI=1S/C15H21FN4/c1-2-8-20-13-5-3-4-12(16)15(13)18-14(20)11-19-9-6-17-7-10-19/h3-5,17H,2,6-11H2,1H3. The molecule has 3 rings (SSSR count). The fourth-order valence-electron chi connectivity index (χ4n) is 2.82. The van der Waals surface area contributed by atoms with Gasteiger partial charge >= 0.3 is 0 Å². The van der Waals surface area contributed by atoms with E-state index >= 15 is 0 Å². The summed E-state index contributed by atoms with van der Waals surface area (Å²) in [5.41, 5.74) is 1.42. The van der Waals surface area contributed by atoms with Crippen LogP contribution in [0.5, 0.6) is 0 Å². The third kappa shape index (κ3) is 2.55. The average Bonchev–Trinajstić information content (AvgIpc) is 2.80. The first-order chi connectivity index (χ1) is 9.79. The molecule has 0 spiro atoms. The summed E-state index contributed by atoms with van der Waals surface area (Å²) >= 11 is 0. The van der Waals surface area contributed by atoms with Crippen molar-refractivity contribution in [3.05, 3.63) is 29.8 Å². The number of nitrogens with one attached hydrogen (secondary N) is 1. The maximum absolute atomic E-state index is 13.9. The minimum absolute atomic E-state index is 0.223. The van der Waals surface area contributed by atoms with Crippen molar-refractivity contribution < 1.29 is 4.39 Å². The van der Waals surface area contributed by atoms with Crippen molar-refractivity contribution in [3.8, 4) is 0 Å². The molecule has 108 valence electrons. The summed E-state index contributed by atoms with van der Waals surface area (Å²) in [4.78, 5) is 6.93. The third-order valence-corrected chi connectivity index (χ3v) is 3.83. The number of fused-ring (bicyclic) bond motifs is 1. The van der Waals surface area contributed by atoms with Gasteiger partial charge in [0.15, 0.2) is 5.82 Å². The molecule has 0 radical (unpaired) electrons. The minimum Gasteiger partial charge on any atom is -0.327 e. The Morgan fingerprint density at radius 2 is 2.10 bits per heavy atom. The minimum atomic E-state index is -0.223. The van der Waals surface area contributed by atoms with Crippen molar-refractivity contribution in [1.82, 2.24) is 19.8 Å². The largest absolute Gasteiger partial charge is 0.327 e. The Labute approximate surface area is 118 Å². The lowest BCUT2D eigenvalue weighted by molar-refractivity contribution is 0.225. The molecule has 1 aliphatic rings. The van der Waals surface area contributed by atoms with Crippen LogP contribution in [0.25, 0.3) is 11.0 Å². The van der Waals surface area contributed by atoms with E-state index in [1.165, 1.54) is 6.07 Å². The lowest BCUT2D eigenvalue weighted by atomic mass is 10.3. The molecular formula is C15H21FN4. The van der Waals surface area contributed by atoms with Gasteiger partial charge < -0.3 is 9.88 Å². The predicted octanol–water partition coefficient (Wildman–Crippen LogP) is 1.99. The molecule has 4 nitrogen and oxygen atoms in total. The Bertz CT molecular complexity index is 587. The van der Waals surface area contributed by atoms with Crippen molar-refractivity contribution in [2.75, 3.05) is 26.2 Å². The SMILES string of the molecule is CCCn1c(CN2CCNCC2)nc2c(F)cccc21. The van der Waals surface area contributed by atoms with Crippen molar-refractivity contribution >= 4 is 11.0 Å². The lowest BCUT2D eigenvalue weighted by Gasteiger charge is -2.27. The molecule has 0 unspecified atom stereocenters. The molecular weight excluding hydrogens is 255 g/mol. The van der Waals surface area contributed by atoms with E-state index in [0.29, 0.717) is 5.52 Å². The lowest BCUT2D eigenvalue weighted by Crippen LogP contribution is -2.43. The van der Waals surface area contributed by atoms with E-state index in [1.54, 1.807) is 6.07 Å². The summed E-state index contributed by atoms with van der Waals surface area (Å²) in [6, 6.07) is 5.21. The molecule has 0 bridgehead atoms. The molecule has 1 aromatic heterocycles. The molecule has 1 fully saturated rings. The van der Waals surface area contributed by atoms with Crippen LogP contribution >= 0.6 is 0 Å². The monoisotopic (exact) mass is 276 g/mol. The van der Waals surface area contributed by atoms with Gasteiger partial charge in [-0.25, -0.2) is 9.37 Å². The average molecular weight is 276 g/mol. The van der Waals surface area contributed by atoms with Gasteiger partial charge in [-0.15, -0.1) is 0 Å². The summed E-state index contributed by atoms with van der Waals surface area (Å²) in [7, 11) is 0. The molecule has 1 N–H and O–H groups in total. The second-order valence-corrected chi connectivity index (χ2v) is 5.31. The van der Waals surface area contributed by atoms with E-state index < -0.39 is 0 Å². The van der Waals surface area contributed by atoms with Crippen LogP contribution in [0.1, 0.15) is 19.2 Å². The summed E-state index contributed by atoms with van der Waals surface area (Å²) in [5.74, 6) is 0.757. The van der Waals surface area contributed by atoms with Crippen molar-refractivity contribution in [3.63, 3.8) is 0 Å². The van der Waals surface area contributed by atoms with Gasteiger partial charge in [0.05, 0.1) is 12.1 Å². The number of hydrogen-bond acceptors (Lipinski definition) is 3. The number of imidazole rings is 1. The Balaban J connectivity index is 1.95. The van der Waals surface area contributed by atoms with Gasteiger partial charge in [-0.1, -0.05) is 13.0 Å². The van der Waals surface area contributed by atoms with Crippen LogP contribution < -0.4 is 5.32 Å². The fraction of sp³-hybridized carbons (Fsp3) is 0.533. The molecule has 0 amide bonds. The number of halogens is 1. The molecule has 0 aliphatic carbocycles. The van der Waals surface area contributed by atoms with E-state index in [1.807, 2.05) is 6.07 Å². The third-order valence-electron chi connectivity index (χ3n) is 3.83. The number of aryl methyl sites for hydroxylation is 1. The highest BCUT2D eigenvalue weighted by Gasteiger charge is 2.17. The van der Waals surface area contributed by atoms with Crippen LogP contribution in [0.15, 0.2) is 18.2 Å². The molecule has 20 heavy (non-hydrogen) atoms. The van der Waals surface area contributed by atoms with E-state index in [2.05, 4.69) is 26.7 Å². The summed E-state index contributed by atoms with van der Waals surface area (Å²) in [5, 5.41) is 3.35. The number of nitrogens with zero attached hydrogens (tertiary/aromatic N) is 3. The Morgan fingerprint density at radius 1 is 1.30 bits per heavy atom. The van der Waals surface area contributed by atoms with Crippen molar-refractivity contribution in [1.29, 1.82) is 0 Å². The maximum Gasteiger partial charge on any atom is 0.151 e. The summed E-state index contributed by atoms with van der Waals surface area (Å²) < 4.78 is 16.1. The fourth-order valence-corrected chi connectivity index (χ4v) is 2.82. The molecule has 2 heterocycles. The number of piperazine rings is 1. The Morgan fingerprint density at radius 3 is 2.85 bits per heavy atom. The highest BCUT2D eigenvalue weighted by atomic mass is 19.1. The molecule has 2 aromatic rings. The van der Waals surface area contributed by atoms with Crippen LogP contribution in [0, 0.1) is 5.82 Å². The number of aromatic nitrogens is 2. The molecule has 0 atom stereocenters. The zero-order valence-corrected chi connectivity index (χ0v) is 11.9. The van der Waals surface area contributed by atoms with E-state index in [-0.39, 0.29) is 5.82 Å². The van der Waals surface area contributed by atoms with Crippen LogP contribution in [0.2, 0.25) is 0 Å². The van der Waals surface area contributed by atoms with Crippen LogP contribution in [-0.4, -0.2) is 40.6 Å². The van der Waals surface area contributed by atoms with E-state index in [9.17, 15) is 4.39 Å². The van der Waals surface area contributed by atoms with E-state index in [4.69, 9.17) is 0 Å². The second kappa shape index (κ2) is 5.89. The van der Waals surface area contributed by atoms with E-state index in [0.717, 1.165) is 57.0 Å². The first kappa shape index (κ1) is 13.5. The van der Waals surface area contributed by atoms with Gasteiger partial charge in [0.2, 0.25) is 0 Å².